The third kappa shape index (κ3) is 5.78. The van der Waals surface area contributed by atoms with Gasteiger partial charge < -0.3 is 16.0 Å². The highest BCUT2D eigenvalue weighted by molar-refractivity contribution is 5.94. The van der Waals surface area contributed by atoms with Gasteiger partial charge in [0, 0.05) is 28.5 Å². The van der Waals surface area contributed by atoms with Gasteiger partial charge in [-0.3, -0.25) is 4.79 Å². The Morgan fingerprint density at radius 1 is 0.759 bits per heavy atom. The van der Waals surface area contributed by atoms with Crippen molar-refractivity contribution in [2.24, 2.45) is 5.41 Å². The number of hydrogen-bond donors (Lipinski definition) is 3. The predicted molar refractivity (Wildman–Crippen MR) is 119 cm³/mol. The fraction of sp³-hybridized carbons (Fsp3) is 0.261. The topological polar surface area (TPSA) is 78.9 Å². The van der Waals surface area contributed by atoms with Crippen molar-refractivity contribution in [2.75, 3.05) is 16.0 Å². The predicted octanol–water partition coefficient (Wildman–Crippen LogP) is 5.57. The van der Waals surface area contributed by atoms with Crippen molar-refractivity contribution in [1.82, 2.24) is 9.97 Å². The van der Waals surface area contributed by atoms with Crippen molar-refractivity contribution in [2.45, 2.75) is 34.6 Å². The first-order valence-electron chi connectivity index (χ1n) is 9.57. The summed E-state index contributed by atoms with van der Waals surface area (Å²) in [5.74, 6) is 2.06. The molecule has 3 rings (SSSR count). The van der Waals surface area contributed by atoms with Gasteiger partial charge in [-0.25, -0.2) is 9.97 Å². The van der Waals surface area contributed by atoms with Crippen LogP contribution in [0.5, 0.6) is 0 Å². The summed E-state index contributed by atoms with van der Waals surface area (Å²) in [4.78, 5) is 21.0. The average Bonchev–Trinajstić information content (AvgIpc) is 2.64. The van der Waals surface area contributed by atoms with Crippen molar-refractivity contribution in [3.8, 4) is 0 Å². The van der Waals surface area contributed by atoms with E-state index in [1.54, 1.807) is 0 Å². The van der Waals surface area contributed by atoms with Crippen LogP contribution >= 0.6 is 0 Å². The molecular weight excluding hydrogens is 362 g/mol. The molecule has 0 saturated carbocycles. The number of carbonyl (C=O) groups excluding carboxylic acids is 1. The number of aryl methyl sites for hydroxylation is 2. The molecule has 3 N–H and O–H groups in total. The molecule has 0 radical (unpaired) electrons. The lowest BCUT2D eigenvalue weighted by Gasteiger charge is -2.17. The SMILES string of the molecule is Cc1ccc(Nc2cc(Nc3ccc(NC(=O)C(C)(C)C)cc3)nc(C)n2)cc1. The molecule has 0 aliphatic rings. The maximum Gasteiger partial charge on any atom is 0.229 e. The summed E-state index contributed by atoms with van der Waals surface area (Å²) < 4.78 is 0. The molecule has 6 heteroatoms. The number of carbonyl (C=O) groups is 1. The van der Waals surface area contributed by atoms with Crippen molar-refractivity contribution in [3.05, 3.63) is 66.0 Å². The molecule has 1 amide bonds. The Bertz CT molecular complexity index is 989. The molecule has 0 aliphatic carbocycles. The van der Waals surface area contributed by atoms with Gasteiger partial charge >= 0.3 is 0 Å². The minimum absolute atomic E-state index is 0.0172. The van der Waals surface area contributed by atoms with Crippen LogP contribution in [0.1, 0.15) is 32.2 Å². The molecule has 0 atom stereocenters. The summed E-state index contributed by atoms with van der Waals surface area (Å²) in [5, 5.41) is 9.51. The van der Waals surface area contributed by atoms with Crippen molar-refractivity contribution < 1.29 is 4.79 Å². The van der Waals surface area contributed by atoms with Crippen LogP contribution in [0.4, 0.5) is 28.7 Å². The van der Waals surface area contributed by atoms with E-state index in [1.165, 1.54) is 5.56 Å². The second-order valence-corrected chi connectivity index (χ2v) is 8.08. The van der Waals surface area contributed by atoms with Gasteiger partial charge in [-0.05, 0) is 50.2 Å². The first kappa shape index (κ1) is 20.3. The Hall–Kier alpha value is -3.41. The molecule has 6 nitrogen and oxygen atoms in total. The molecule has 3 aromatic rings. The molecule has 0 fully saturated rings. The fourth-order valence-corrected chi connectivity index (χ4v) is 2.58. The van der Waals surface area contributed by atoms with Crippen LogP contribution in [0.15, 0.2) is 54.6 Å². The molecule has 0 spiro atoms. The first-order chi connectivity index (χ1) is 13.7. The molecule has 0 aliphatic heterocycles. The third-order valence-electron chi connectivity index (χ3n) is 4.26. The molecule has 150 valence electrons. The number of nitrogens with one attached hydrogen (secondary N) is 3. The zero-order valence-corrected chi connectivity index (χ0v) is 17.5. The van der Waals surface area contributed by atoms with Gasteiger partial charge in [0.1, 0.15) is 17.5 Å². The first-order valence-corrected chi connectivity index (χ1v) is 9.57. The fourth-order valence-electron chi connectivity index (χ4n) is 2.58. The van der Waals surface area contributed by atoms with Gasteiger partial charge in [0.15, 0.2) is 0 Å². The molecule has 0 saturated heterocycles. The van der Waals surface area contributed by atoms with Gasteiger partial charge in [0.05, 0.1) is 0 Å². The van der Waals surface area contributed by atoms with E-state index in [4.69, 9.17) is 0 Å². The van der Waals surface area contributed by atoms with Gasteiger partial charge in [-0.15, -0.1) is 0 Å². The van der Waals surface area contributed by atoms with Crippen LogP contribution in [0.2, 0.25) is 0 Å². The largest absolute Gasteiger partial charge is 0.340 e. The highest BCUT2D eigenvalue weighted by Gasteiger charge is 2.21. The average molecular weight is 390 g/mol. The summed E-state index contributed by atoms with van der Waals surface area (Å²) in [6, 6.07) is 17.5. The Morgan fingerprint density at radius 2 is 1.21 bits per heavy atom. The van der Waals surface area contributed by atoms with Crippen molar-refractivity contribution in [3.63, 3.8) is 0 Å². The molecule has 2 aromatic carbocycles. The van der Waals surface area contributed by atoms with E-state index in [0.29, 0.717) is 11.6 Å². The number of benzene rings is 2. The van der Waals surface area contributed by atoms with Crippen LogP contribution in [0, 0.1) is 19.3 Å². The Labute approximate surface area is 171 Å². The maximum absolute atomic E-state index is 12.1. The van der Waals surface area contributed by atoms with Gasteiger partial charge in [-0.2, -0.15) is 0 Å². The number of amides is 1. The molecule has 0 bridgehead atoms. The maximum atomic E-state index is 12.1. The van der Waals surface area contributed by atoms with E-state index in [2.05, 4.69) is 45.0 Å². The quantitative estimate of drug-likeness (QED) is 0.532. The standard InChI is InChI=1S/C23H27N5O/c1-15-6-8-17(9-7-15)26-20-14-21(25-16(2)24-20)27-18-10-12-19(13-11-18)28-22(29)23(3,4)5/h6-14H,1-5H3,(H,28,29)(H2,24,25,26,27). The minimum Gasteiger partial charge on any atom is -0.340 e. The molecule has 29 heavy (non-hydrogen) atoms. The van der Waals surface area contributed by atoms with E-state index in [-0.39, 0.29) is 5.91 Å². The number of anilines is 5. The molecule has 0 unspecified atom stereocenters. The monoisotopic (exact) mass is 389 g/mol. The normalized spacial score (nSPS) is 11.1. The van der Waals surface area contributed by atoms with Crippen LogP contribution in [0.3, 0.4) is 0 Å². The van der Waals surface area contributed by atoms with Crippen molar-refractivity contribution >= 4 is 34.6 Å². The number of aromatic nitrogens is 2. The van der Waals surface area contributed by atoms with E-state index in [0.717, 1.165) is 22.9 Å². The zero-order chi connectivity index (χ0) is 21.0. The molecule has 1 aromatic heterocycles. The second kappa shape index (κ2) is 8.31. The highest BCUT2D eigenvalue weighted by Crippen LogP contribution is 2.23. The Balaban J connectivity index is 1.70. The number of rotatable bonds is 5. The highest BCUT2D eigenvalue weighted by atomic mass is 16.2. The van der Waals surface area contributed by atoms with E-state index in [1.807, 2.05) is 70.2 Å². The zero-order valence-electron chi connectivity index (χ0n) is 17.5. The minimum atomic E-state index is -0.434. The lowest BCUT2D eigenvalue weighted by molar-refractivity contribution is -0.123. The lowest BCUT2D eigenvalue weighted by Crippen LogP contribution is -2.27. The van der Waals surface area contributed by atoms with Crippen LogP contribution in [0.25, 0.3) is 0 Å². The van der Waals surface area contributed by atoms with Gasteiger partial charge in [0.25, 0.3) is 0 Å². The molecular formula is C23H27N5O. The summed E-state index contributed by atoms with van der Waals surface area (Å²) in [6.45, 7) is 9.57. The number of hydrogen-bond acceptors (Lipinski definition) is 5. The van der Waals surface area contributed by atoms with Gasteiger partial charge in [0.2, 0.25) is 5.91 Å². The summed E-state index contributed by atoms with van der Waals surface area (Å²) in [6.07, 6.45) is 0. The lowest BCUT2D eigenvalue weighted by atomic mass is 9.95. The Kier molecular flexibility index (Phi) is 5.82. The molecule has 1 heterocycles. The summed E-state index contributed by atoms with van der Waals surface area (Å²) in [7, 11) is 0. The number of nitrogens with zero attached hydrogens (tertiary/aromatic N) is 2. The van der Waals surface area contributed by atoms with Crippen LogP contribution in [-0.2, 0) is 4.79 Å². The smallest absolute Gasteiger partial charge is 0.229 e. The third-order valence-corrected chi connectivity index (χ3v) is 4.26. The van der Waals surface area contributed by atoms with Crippen LogP contribution in [-0.4, -0.2) is 15.9 Å². The second-order valence-electron chi connectivity index (χ2n) is 8.08. The summed E-state index contributed by atoms with van der Waals surface area (Å²) in [5.41, 5.74) is 3.38. The van der Waals surface area contributed by atoms with E-state index < -0.39 is 5.41 Å². The van der Waals surface area contributed by atoms with Crippen molar-refractivity contribution in [1.29, 1.82) is 0 Å². The van der Waals surface area contributed by atoms with Crippen LogP contribution < -0.4 is 16.0 Å². The summed E-state index contributed by atoms with van der Waals surface area (Å²) >= 11 is 0. The Morgan fingerprint density at radius 3 is 1.69 bits per heavy atom. The van der Waals surface area contributed by atoms with E-state index in [9.17, 15) is 4.79 Å². The van der Waals surface area contributed by atoms with Gasteiger partial charge in [-0.1, -0.05) is 38.5 Å². The van der Waals surface area contributed by atoms with E-state index >= 15 is 0 Å².